The predicted molar refractivity (Wildman–Crippen MR) is 264 cm³/mol. The van der Waals surface area contributed by atoms with E-state index in [0.29, 0.717) is 17.7 Å². The van der Waals surface area contributed by atoms with Crippen LogP contribution in [0.5, 0.6) is 0 Å². The van der Waals surface area contributed by atoms with Crippen molar-refractivity contribution in [1.82, 2.24) is 24.1 Å². The summed E-state index contributed by atoms with van der Waals surface area (Å²) in [5, 5.41) is 7.09. The molecule has 298 valence electrons. The van der Waals surface area contributed by atoms with Gasteiger partial charge < -0.3 is 0 Å². The summed E-state index contributed by atoms with van der Waals surface area (Å²) in [7, 11) is 0. The van der Waals surface area contributed by atoms with Crippen LogP contribution in [-0.2, 0) is 5.41 Å². The highest BCUT2D eigenvalue weighted by Gasteiger charge is 2.46. The highest BCUT2D eigenvalue weighted by molar-refractivity contribution is 7.25. The van der Waals surface area contributed by atoms with Crippen LogP contribution in [0.2, 0.25) is 0 Å². The molecule has 1 aliphatic carbocycles. The molecule has 13 aromatic rings. The second kappa shape index (κ2) is 13.4. The molecule has 14 rings (SSSR count). The minimum Gasteiger partial charge on any atom is -0.278 e. The lowest BCUT2D eigenvalue weighted by Crippen LogP contribution is -2.28. The van der Waals surface area contributed by atoms with Crippen molar-refractivity contribution in [2.75, 3.05) is 0 Å². The van der Waals surface area contributed by atoms with E-state index < -0.39 is 5.41 Å². The summed E-state index contributed by atoms with van der Waals surface area (Å²) < 4.78 is 6.94. The molecule has 0 saturated carbocycles. The van der Waals surface area contributed by atoms with Gasteiger partial charge in [-0.3, -0.25) is 9.13 Å². The first-order valence-electron chi connectivity index (χ1n) is 21.7. The van der Waals surface area contributed by atoms with Gasteiger partial charge in [0, 0.05) is 47.3 Å². The van der Waals surface area contributed by atoms with Crippen LogP contribution in [0.4, 0.5) is 0 Å². The summed E-state index contributed by atoms with van der Waals surface area (Å²) in [5.74, 6) is 1.74. The standard InChI is InChI=1S/C58H35N5S/c1-3-17-37(18-4-1)58(38-19-5-2-6-20-38)47-26-12-7-21-39(47)45-34-46-42-24-10-15-29-51(42)63(52(46)35-48(45)58)57-60-55(36-31-32-44-43-25-11-16-30-53(43)64-54(44)33-36)59-56(61-57)62-49-27-13-8-22-40(49)41-23-9-14-28-50(41)62/h1-35H. The Bertz CT molecular complexity index is 3940. The van der Waals surface area contributed by atoms with Gasteiger partial charge in [-0.15, -0.1) is 11.3 Å². The van der Waals surface area contributed by atoms with Gasteiger partial charge in [0.25, 0.3) is 0 Å². The summed E-state index contributed by atoms with van der Waals surface area (Å²) in [6.07, 6.45) is 0. The van der Waals surface area contributed by atoms with Crippen molar-refractivity contribution >= 4 is 75.1 Å². The Labute approximate surface area is 371 Å². The van der Waals surface area contributed by atoms with E-state index in [0.717, 1.165) is 49.2 Å². The van der Waals surface area contributed by atoms with Crippen LogP contribution in [0, 0.1) is 0 Å². The molecule has 0 N–H and O–H groups in total. The molecule has 0 amide bonds. The Balaban J connectivity index is 1.10. The number of hydrogen-bond donors (Lipinski definition) is 0. The molecule has 0 radical (unpaired) electrons. The highest BCUT2D eigenvalue weighted by atomic mass is 32.1. The molecule has 0 spiro atoms. The average molecular weight is 834 g/mol. The molecule has 1 aliphatic rings. The third-order valence-electron chi connectivity index (χ3n) is 13.5. The van der Waals surface area contributed by atoms with Crippen molar-refractivity contribution < 1.29 is 0 Å². The molecule has 0 atom stereocenters. The Hall–Kier alpha value is -8.19. The first-order chi connectivity index (χ1) is 31.7. The normalized spacial score (nSPS) is 13.1. The molecule has 6 heteroatoms. The van der Waals surface area contributed by atoms with E-state index in [1.807, 2.05) is 0 Å². The third kappa shape index (κ3) is 4.86. The Morgan fingerprint density at radius 3 is 1.52 bits per heavy atom. The van der Waals surface area contributed by atoms with Crippen molar-refractivity contribution in [3.63, 3.8) is 0 Å². The van der Waals surface area contributed by atoms with Gasteiger partial charge in [-0.25, -0.2) is 0 Å². The zero-order valence-corrected chi connectivity index (χ0v) is 35.2. The topological polar surface area (TPSA) is 48.5 Å². The fourth-order valence-corrected chi connectivity index (χ4v) is 12.0. The quantitative estimate of drug-likeness (QED) is 0.174. The fourth-order valence-electron chi connectivity index (χ4n) is 10.8. The van der Waals surface area contributed by atoms with Crippen LogP contribution in [0.25, 0.3) is 98.2 Å². The SMILES string of the molecule is c1ccc(C2(c3ccccc3)c3ccccc3-c3cc4c5ccccc5n(-c5nc(-c6ccc7c(c6)sc6ccccc67)nc(-n6c7ccccc7c7ccccc76)n5)c4cc32)cc1. The summed E-state index contributed by atoms with van der Waals surface area (Å²) in [5.41, 5.74) is 12.0. The molecule has 4 aromatic heterocycles. The van der Waals surface area contributed by atoms with Gasteiger partial charge in [-0.05, 0) is 75.8 Å². The lowest BCUT2D eigenvalue weighted by Gasteiger charge is -2.34. The minimum atomic E-state index is -0.567. The van der Waals surface area contributed by atoms with E-state index >= 15 is 0 Å². The Morgan fingerprint density at radius 1 is 0.344 bits per heavy atom. The number of aromatic nitrogens is 5. The van der Waals surface area contributed by atoms with Crippen molar-refractivity contribution in [2.24, 2.45) is 0 Å². The number of fused-ring (bicyclic) bond motifs is 12. The van der Waals surface area contributed by atoms with Crippen LogP contribution >= 0.6 is 11.3 Å². The molecular weight excluding hydrogens is 799 g/mol. The number of hydrogen-bond acceptors (Lipinski definition) is 4. The molecule has 0 bridgehead atoms. The van der Waals surface area contributed by atoms with Gasteiger partial charge in [0.1, 0.15) is 0 Å². The number of rotatable bonds is 5. The molecule has 0 unspecified atom stereocenters. The maximum Gasteiger partial charge on any atom is 0.240 e. The van der Waals surface area contributed by atoms with Crippen molar-refractivity contribution in [1.29, 1.82) is 0 Å². The van der Waals surface area contributed by atoms with E-state index in [9.17, 15) is 0 Å². The lowest BCUT2D eigenvalue weighted by molar-refractivity contribution is 0.769. The van der Waals surface area contributed by atoms with Gasteiger partial charge in [0.2, 0.25) is 11.9 Å². The average Bonchev–Trinajstić information content (AvgIpc) is 4.09. The Morgan fingerprint density at radius 2 is 0.859 bits per heavy atom. The van der Waals surface area contributed by atoms with Crippen molar-refractivity contribution in [3.05, 3.63) is 235 Å². The molecule has 0 saturated heterocycles. The van der Waals surface area contributed by atoms with E-state index in [2.05, 4.69) is 221 Å². The smallest absolute Gasteiger partial charge is 0.240 e. The van der Waals surface area contributed by atoms with Gasteiger partial charge in [0.05, 0.1) is 27.5 Å². The minimum absolute atomic E-state index is 0.560. The summed E-state index contributed by atoms with van der Waals surface area (Å²) in [6, 6.07) is 76.8. The van der Waals surface area contributed by atoms with E-state index in [-0.39, 0.29) is 0 Å². The predicted octanol–water partition coefficient (Wildman–Crippen LogP) is 14.5. The molecule has 5 nitrogen and oxygen atoms in total. The van der Waals surface area contributed by atoms with Crippen LogP contribution < -0.4 is 0 Å². The van der Waals surface area contributed by atoms with Gasteiger partial charge in [-0.1, -0.05) is 170 Å². The van der Waals surface area contributed by atoms with Crippen molar-refractivity contribution in [3.8, 4) is 34.4 Å². The van der Waals surface area contributed by atoms with Crippen molar-refractivity contribution in [2.45, 2.75) is 5.41 Å². The van der Waals surface area contributed by atoms with Gasteiger partial charge in [-0.2, -0.15) is 15.0 Å². The molecule has 4 heterocycles. The molecule has 9 aromatic carbocycles. The second-order valence-electron chi connectivity index (χ2n) is 16.7. The molecule has 64 heavy (non-hydrogen) atoms. The number of nitrogens with zero attached hydrogens (tertiary/aromatic N) is 5. The van der Waals surface area contributed by atoms with Gasteiger partial charge in [0.15, 0.2) is 5.82 Å². The van der Waals surface area contributed by atoms with Crippen LogP contribution in [0.1, 0.15) is 22.3 Å². The highest BCUT2D eigenvalue weighted by Crippen LogP contribution is 2.57. The van der Waals surface area contributed by atoms with E-state index in [1.54, 1.807) is 11.3 Å². The maximum atomic E-state index is 5.53. The summed E-state index contributed by atoms with van der Waals surface area (Å²) in [4.78, 5) is 16.4. The van der Waals surface area contributed by atoms with Crippen LogP contribution in [-0.4, -0.2) is 24.1 Å². The summed E-state index contributed by atoms with van der Waals surface area (Å²) in [6.45, 7) is 0. The Kier molecular flexibility index (Phi) is 7.42. The fraction of sp³-hybridized carbons (Fsp3) is 0.0172. The zero-order chi connectivity index (χ0) is 41.9. The first kappa shape index (κ1) is 35.4. The number of benzene rings is 9. The largest absolute Gasteiger partial charge is 0.278 e. The number of para-hydroxylation sites is 3. The monoisotopic (exact) mass is 833 g/mol. The summed E-state index contributed by atoms with van der Waals surface area (Å²) >= 11 is 1.80. The first-order valence-corrected chi connectivity index (χ1v) is 22.5. The van der Waals surface area contributed by atoms with Gasteiger partial charge >= 0.3 is 0 Å². The molecule has 0 aliphatic heterocycles. The number of thiophene rings is 1. The van der Waals surface area contributed by atoms with Crippen LogP contribution in [0.15, 0.2) is 212 Å². The second-order valence-corrected chi connectivity index (χ2v) is 17.8. The third-order valence-corrected chi connectivity index (χ3v) is 14.6. The molecule has 0 fully saturated rings. The van der Waals surface area contributed by atoms with E-state index in [4.69, 9.17) is 15.0 Å². The maximum absolute atomic E-state index is 5.53. The zero-order valence-electron chi connectivity index (χ0n) is 34.4. The lowest BCUT2D eigenvalue weighted by atomic mass is 9.67. The van der Waals surface area contributed by atoms with E-state index in [1.165, 1.54) is 53.6 Å². The van der Waals surface area contributed by atoms with Crippen LogP contribution in [0.3, 0.4) is 0 Å². The molecular formula is C58H35N5S.